The van der Waals surface area contributed by atoms with Gasteiger partial charge in [0, 0.05) is 24.1 Å². The van der Waals surface area contributed by atoms with Crippen LogP contribution in [0.4, 0.5) is 0 Å². The Morgan fingerprint density at radius 1 is 1.13 bits per heavy atom. The lowest BCUT2D eigenvalue weighted by Gasteiger charge is -2.26. The van der Waals surface area contributed by atoms with Crippen LogP contribution in [0.25, 0.3) is 0 Å². The Bertz CT molecular complexity index is 161. The molecule has 0 aliphatic carbocycles. The van der Waals surface area contributed by atoms with Crippen molar-refractivity contribution in [3.05, 3.63) is 0 Å². The molecule has 15 heavy (non-hydrogen) atoms. The van der Waals surface area contributed by atoms with Crippen LogP contribution in [0.1, 0.15) is 32.1 Å². The van der Waals surface area contributed by atoms with E-state index in [1.807, 2.05) is 0 Å². The van der Waals surface area contributed by atoms with Gasteiger partial charge < -0.3 is 10.2 Å². The molecular weight excluding hydrogens is 204 g/mol. The standard InChI is InChI=1S/C12H24N2S/c1-2-4-8-14(7-3-1)9-5-12-11-15-10-6-13-12/h12-13H,1-11H2. The second kappa shape index (κ2) is 6.77. The first kappa shape index (κ1) is 11.7. The van der Waals surface area contributed by atoms with E-state index >= 15 is 0 Å². The molecule has 2 aliphatic rings. The molecule has 0 radical (unpaired) electrons. The molecule has 0 saturated carbocycles. The molecule has 0 bridgehead atoms. The van der Waals surface area contributed by atoms with Gasteiger partial charge >= 0.3 is 0 Å². The third-order valence-corrected chi connectivity index (χ3v) is 4.62. The number of hydrogen-bond donors (Lipinski definition) is 1. The summed E-state index contributed by atoms with van der Waals surface area (Å²) in [6.07, 6.45) is 7.11. The summed E-state index contributed by atoms with van der Waals surface area (Å²) in [5.74, 6) is 2.63. The van der Waals surface area contributed by atoms with Crippen molar-refractivity contribution in [1.29, 1.82) is 0 Å². The lowest BCUT2D eigenvalue weighted by atomic mass is 10.2. The number of thioether (sulfide) groups is 1. The van der Waals surface area contributed by atoms with Gasteiger partial charge in [-0.15, -0.1) is 0 Å². The van der Waals surface area contributed by atoms with E-state index in [9.17, 15) is 0 Å². The molecular formula is C12H24N2S. The van der Waals surface area contributed by atoms with Gasteiger partial charge in [0.25, 0.3) is 0 Å². The van der Waals surface area contributed by atoms with Gasteiger partial charge in [0.15, 0.2) is 0 Å². The fourth-order valence-electron chi connectivity index (χ4n) is 2.50. The quantitative estimate of drug-likeness (QED) is 0.795. The van der Waals surface area contributed by atoms with Gasteiger partial charge in [-0.05, 0) is 38.9 Å². The molecule has 88 valence electrons. The van der Waals surface area contributed by atoms with Crippen molar-refractivity contribution in [3.8, 4) is 0 Å². The van der Waals surface area contributed by atoms with Gasteiger partial charge in [-0.25, -0.2) is 0 Å². The lowest BCUT2D eigenvalue weighted by molar-refractivity contribution is 0.269. The van der Waals surface area contributed by atoms with E-state index in [-0.39, 0.29) is 0 Å². The molecule has 1 N–H and O–H groups in total. The molecule has 2 saturated heterocycles. The Hall–Kier alpha value is 0.270. The van der Waals surface area contributed by atoms with Crippen molar-refractivity contribution in [2.24, 2.45) is 0 Å². The predicted octanol–water partition coefficient (Wildman–Crippen LogP) is 1.96. The van der Waals surface area contributed by atoms with Crippen LogP contribution < -0.4 is 5.32 Å². The van der Waals surface area contributed by atoms with E-state index in [1.165, 1.54) is 69.8 Å². The second-order valence-corrected chi connectivity index (χ2v) is 5.92. The van der Waals surface area contributed by atoms with E-state index in [0.29, 0.717) is 0 Å². The van der Waals surface area contributed by atoms with Gasteiger partial charge in [-0.3, -0.25) is 0 Å². The largest absolute Gasteiger partial charge is 0.312 e. The van der Waals surface area contributed by atoms with E-state index in [0.717, 1.165) is 6.04 Å². The van der Waals surface area contributed by atoms with Crippen molar-refractivity contribution in [2.75, 3.05) is 37.7 Å². The van der Waals surface area contributed by atoms with Crippen LogP contribution in [0, 0.1) is 0 Å². The number of hydrogen-bond acceptors (Lipinski definition) is 3. The molecule has 2 rings (SSSR count). The summed E-state index contributed by atoms with van der Waals surface area (Å²) in [7, 11) is 0. The minimum absolute atomic E-state index is 0.784. The highest BCUT2D eigenvalue weighted by molar-refractivity contribution is 7.99. The van der Waals surface area contributed by atoms with Crippen LogP contribution in [0.2, 0.25) is 0 Å². The third-order valence-electron chi connectivity index (χ3n) is 3.49. The van der Waals surface area contributed by atoms with Gasteiger partial charge in [-0.1, -0.05) is 12.8 Å². The zero-order valence-corrected chi connectivity index (χ0v) is 10.5. The van der Waals surface area contributed by atoms with Crippen LogP contribution in [-0.4, -0.2) is 48.6 Å². The first-order valence-electron chi connectivity index (χ1n) is 6.48. The van der Waals surface area contributed by atoms with Crippen molar-refractivity contribution in [3.63, 3.8) is 0 Å². The average molecular weight is 228 g/mol. The highest BCUT2D eigenvalue weighted by Crippen LogP contribution is 2.13. The van der Waals surface area contributed by atoms with E-state index in [4.69, 9.17) is 0 Å². The zero-order chi connectivity index (χ0) is 10.3. The molecule has 0 aromatic heterocycles. The molecule has 0 amide bonds. The van der Waals surface area contributed by atoms with E-state index in [2.05, 4.69) is 22.0 Å². The maximum atomic E-state index is 3.63. The Labute approximate surface area is 98.2 Å². The maximum Gasteiger partial charge on any atom is 0.0170 e. The summed E-state index contributed by atoms with van der Waals surface area (Å²) in [6.45, 7) is 5.23. The summed E-state index contributed by atoms with van der Waals surface area (Å²) in [5.41, 5.74) is 0. The smallest absolute Gasteiger partial charge is 0.0170 e. The van der Waals surface area contributed by atoms with Crippen LogP contribution in [0.5, 0.6) is 0 Å². The van der Waals surface area contributed by atoms with Gasteiger partial charge in [0.1, 0.15) is 0 Å². The van der Waals surface area contributed by atoms with Crippen LogP contribution in [0.3, 0.4) is 0 Å². The Balaban J connectivity index is 1.62. The van der Waals surface area contributed by atoms with Crippen molar-refractivity contribution in [2.45, 2.75) is 38.1 Å². The minimum Gasteiger partial charge on any atom is -0.312 e. The van der Waals surface area contributed by atoms with E-state index in [1.54, 1.807) is 0 Å². The molecule has 2 fully saturated rings. The van der Waals surface area contributed by atoms with Gasteiger partial charge in [0.05, 0.1) is 0 Å². The first-order valence-corrected chi connectivity index (χ1v) is 7.64. The molecule has 0 aromatic rings. The molecule has 0 spiro atoms. The number of likely N-dealkylation sites (tertiary alicyclic amines) is 1. The first-order chi connectivity index (χ1) is 7.45. The topological polar surface area (TPSA) is 15.3 Å². The van der Waals surface area contributed by atoms with Crippen LogP contribution >= 0.6 is 11.8 Å². The summed E-state index contributed by atoms with van der Waals surface area (Å²) in [5, 5.41) is 3.63. The molecule has 1 atom stereocenters. The SMILES string of the molecule is C1CCCN(CCC2CSCCN2)CC1. The van der Waals surface area contributed by atoms with E-state index < -0.39 is 0 Å². The number of nitrogens with one attached hydrogen (secondary N) is 1. The summed E-state index contributed by atoms with van der Waals surface area (Å²) >= 11 is 2.11. The molecule has 2 aliphatic heterocycles. The van der Waals surface area contributed by atoms with Gasteiger partial charge in [0.2, 0.25) is 0 Å². The second-order valence-electron chi connectivity index (χ2n) is 4.77. The fourth-order valence-corrected chi connectivity index (χ4v) is 3.50. The Morgan fingerprint density at radius 2 is 1.93 bits per heavy atom. The normalized spacial score (nSPS) is 30.0. The summed E-state index contributed by atoms with van der Waals surface area (Å²) in [6, 6.07) is 0.784. The minimum atomic E-state index is 0.784. The lowest BCUT2D eigenvalue weighted by Crippen LogP contribution is -2.40. The highest BCUT2D eigenvalue weighted by Gasteiger charge is 2.15. The fraction of sp³-hybridized carbons (Fsp3) is 1.00. The summed E-state index contributed by atoms with van der Waals surface area (Å²) < 4.78 is 0. The Morgan fingerprint density at radius 3 is 2.60 bits per heavy atom. The van der Waals surface area contributed by atoms with Gasteiger partial charge in [-0.2, -0.15) is 11.8 Å². The zero-order valence-electron chi connectivity index (χ0n) is 9.71. The van der Waals surface area contributed by atoms with Crippen molar-refractivity contribution in [1.82, 2.24) is 10.2 Å². The molecule has 3 heteroatoms. The van der Waals surface area contributed by atoms with Crippen LogP contribution in [0.15, 0.2) is 0 Å². The maximum absolute atomic E-state index is 3.63. The molecule has 2 heterocycles. The monoisotopic (exact) mass is 228 g/mol. The Kier molecular flexibility index (Phi) is 5.30. The predicted molar refractivity (Wildman–Crippen MR) is 68.6 cm³/mol. The number of rotatable bonds is 3. The molecule has 1 unspecified atom stereocenters. The average Bonchev–Trinajstić information content (AvgIpc) is 2.56. The highest BCUT2D eigenvalue weighted by atomic mass is 32.2. The van der Waals surface area contributed by atoms with Crippen molar-refractivity contribution >= 4 is 11.8 Å². The van der Waals surface area contributed by atoms with Crippen LogP contribution in [-0.2, 0) is 0 Å². The third kappa shape index (κ3) is 4.33. The summed E-state index contributed by atoms with van der Waals surface area (Å²) in [4.78, 5) is 2.67. The molecule has 0 aromatic carbocycles. The molecule has 2 nitrogen and oxygen atoms in total. The number of nitrogens with zero attached hydrogens (tertiary/aromatic N) is 1. The van der Waals surface area contributed by atoms with Crippen molar-refractivity contribution < 1.29 is 0 Å².